The van der Waals surface area contributed by atoms with Gasteiger partial charge in [-0.15, -0.1) is 0 Å². The SMILES string of the molecule is Cc1cc2[nH]c(C3CCC(N4CCNCC4)CC3)nc2cc1Cl. The molecule has 1 aromatic carbocycles. The molecule has 2 aromatic rings. The van der Waals surface area contributed by atoms with Crippen LogP contribution in [0.15, 0.2) is 12.1 Å². The number of aromatic amines is 1. The molecule has 0 atom stereocenters. The highest BCUT2D eigenvalue weighted by Crippen LogP contribution is 2.35. The standard InChI is InChI=1S/C18H25ClN4/c1-12-10-16-17(11-15(12)19)22-18(21-16)13-2-4-14(5-3-13)23-8-6-20-7-9-23/h10-11,13-14,20H,2-9H2,1H3,(H,21,22). The number of imidazole rings is 1. The molecule has 2 heterocycles. The van der Waals surface area contributed by atoms with Crippen molar-refractivity contribution in [2.75, 3.05) is 26.2 Å². The summed E-state index contributed by atoms with van der Waals surface area (Å²) in [6.07, 6.45) is 5.06. The summed E-state index contributed by atoms with van der Waals surface area (Å²) in [6, 6.07) is 4.87. The molecule has 124 valence electrons. The van der Waals surface area contributed by atoms with Gasteiger partial charge in [0.1, 0.15) is 5.82 Å². The normalized spacial score (nSPS) is 26.7. The Kier molecular flexibility index (Phi) is 4.31. The molecule has 1 saturated carbocycles. The van der Waals surface area contributed by atoms with Crippen molar-refractivity contribution >= 4 is 22.6 Å². The van der Waals surface area contributed by atoms with E-state index in [4.69, 9.17) is 16.6 Å². The van der Waals surface area contributed by atoms with Gasteiger partial charge in [-0.1, -0.05) is 11.6 Å². The van der Waals surface area contributed by atoms with E-state index < -0.39 is 0 Å². The molecule has 0 radical (unpaired) electrons. The molecule has 0 amide bonds. The molecule has 2 N–H and O–H groups in total. The number of nitrogens with zero attached hydrogens (tertiary/aromatic N) is 2. The Morgan fingerprint density at radius 1 is 1.13 bits per heavy atom. The Balaban J connectivity index is 1.45. The van der Waals surface area contributed by atoms with E-state index in [-0.39, 0.29) is 0 Å². The molecule has 2 fully saturated rings. The number of rotatable bonds is 2. The predicted octanol–water partition coefficient (Wildman–Crippen LogP) is 3.46. The zero-order valence-corrected chi connectivity index (χ0v) is 14.5. The minimum Gasteiger partial charge on any atom is -0.342 e. The van der Waals surface area contributed by atoms with Gasteiger partial charge >= 0.3 is 0 Å². The Morgan fingerprint density at radius 3 is 2.61 bits per heavy atom. The fourth-order valence-corrected chi connectivity index (χ4v) is 4.27. The van der Waals surface area contributed by atoms with Gasteiger partial charge in [0.25, 0.3) is 0 Å². The van der Waals surface area contributed by atoms with Gasteiger partial charge in [-0.2, -0.15) is 0 Å². The maximum atomic E-state index is 6.22. The summed E-state index contributed by atoms with van der Waals surface area (Å²) in [5.74, 6) is 1.72. The van der Waals surface area contributed by atoms with Crippen molar-refractivity contribution in [3.63, 3.8) is 0 Å². The van der Waals surface area contributed by atoms with E-state index in [0.29, 0.717) is 5.92 Å². The van der Waals surface area contributed by atoms with Crippen molar-refractivity contribution in [1.29, 1.82) is 0 Å². The number of aromatic nitrogens is 2. The summed E-state index contributed by atoms with van der Waals surface area (Å²) >= 11 is 6.22. The lowest BCUT2D eigenvalue weighted by Gasteiger charge is -2.38. The van der Waals surface area contributed by atoms with Crippen LogP contribution in [0.2, 0.25) is 5.02 Å². The fraction of sp³-hybridized carbons (Fsp3) is 0.611. The molecule has 0 bridgehead atoms. The average molecular weight is 333 g/mol. The lowest BCUT2D eigenvalue weighted by Crippen LogP contribution is -2.49. The summed E-state index contributed by atoms with van der Waals surface area (Å²) in [7, 11) is 0. The van der Waals surface area contributed by atoms with Gasteiger partial charge in [-0.25, -0.2) is 4.98 Å². The molecule has 1 aliphatic heterocycles. The molecule has 1 aliphatic carbocycles. The van der Waals surface area contributed by atoms with Gasteiger partial charge < -0.3 is 10.3 Å². The molecule has 0 spiro atoms. The number of hydrogen-bond acceptors (Lipinski definition) is 3. The van der Waals surface area contributed by atoms with Crippen LogP contribution in [0.4, 0.5) is 0 Å². The highest BCUT2D eigenvalue weighted by molar-refractivity contribution is 6.32. The molecule has 23 heavy (non-hydrogen) atoms. The second kappa shape index (κ2) is 6.42. The summed E-state index contributed by atoms with van der Waals surface area (Å²) < 4.78 is 0. The lowest BCUT2D eigenvalue weighted by molar-refractivity contribution is 0.132. The van der Waals surface area contributed by atoms with Gasteiger partial charge in [0.2, 0.25) is 0 Å². The zero-order valence-electron chi connectivity index (χ0n) is 13.7. The average Bonchev–Trinajstić information content (AvgIpc) is 2.99. The first-order valence-corrected chi connectivity index (χ1v) is 9.19. The van der Waals surface area contributed by atoms with Crippen molar-refractivity contribution < 1.29 is 0 Å². The van der Waals surface area contributed by atoms with Crippen LogP contribution in [0.25, 0.3) is 11.0 Å². The Hall–Kier alpha value is -1.10. The summed E-state index contributed by atoms with van der Waals surface area (Å²) in [5.41, 5.74) is 3.22. The summed E-state index contributed by atoms with van der Waals surface area (Å²) in [5, 5.41) is 4.25. The number of aryl methyl sites for hydroxylation is 1. The van der Waals surface area contributed by atoms with Crippen molar-refractivity contribution in [2.24, 2.45) is 0 Å². The first kappa shape index (κ1) is 15.4. The van der Waals surface area contributed by atoms with Crippen LogP contribution in [0.1, 0.15) is 43.0 Å². The van der Waals surface area contributed by atoms with E-state index in [1.54, 1.807) is 0 Å². The molecule has 1 saturated heterocycles. The second-order valence-corrected chi connectivity index (χ2v) is 7.44. The second-order valence-electron chi connectivity index (χ2n) is 7.03. The highest BCUT2D eigenvalue weighted by atomic mass is 35.5. The Morgan fingerprint density at radius 2 is 1.87 bits per heavy atom. The van der Waals surface area contributed by atoms with Crippen LogP contribution in [0.3, 0.4) is 0 Å². The molecule has 5 heteroatoms. The largest absolute Gasteiger partial charge is 0.342 e. The molecule has 1 aromatic heterocycles. The lowest BCUT2D eigenvalue weighted by atomic mass is 9.84. The van der Waals surface area contributed by atoms with E-state index >= 15 is 0 Å². The number of piperazine rings is 1. The van der Waals surface area contributed by atoms with E-state index in [2.05, 4.69) is 21.3 Å². The first-order valence-electron chi connectivity index (χ1n) is 8.81. The van der Waals surface area contributed by atoms with Crippen LogP contribution in [-0.2, 0) is 0 Å². The fourth-order valence-electron chi connectivity index (χ4n) is 4.11. The molecule has 4 rings (SSSR count). The van der Waals surface area contributed by atoms with Crippen LogP contribution < -0.4 is 5.32 Å². The third kappa shape index (κ3) is 3.12. The topological polar surface area (TPSA) is 44.0 Å². The number of fused-ring (bicyclic) bond motifs is 1. The summed E-state index contributed by atoms with van der Waals surface area (Å²) in [4.78, 5) is 11.0. The Labute approximate surface area is 142 Å². The van der Waals surface area contributed by atoms with Crippen LogP contribution in [-0.4, -0.2) is 47.1 Å². The molecule has 4 nitrogen and oxygen atoms in total. The van der Waals surface area contributed by atoms with Gasteiger partial charge in [-0.05, 0) is 50.3 Å². The minimum absolute atomic E-state index is 0.570. The zero-order chi connectivity index (χ0) is 15.8. The molecular weight excluding hydrogens is 308 g/mol. The van der Waals surface area contributed by atoms with E-state index in [0.717, 1.165) is 46.6 Å². The quantitative estimate of drug-likeness (QED) is 0.885. The van der Waals surface area contributed by atoms with Crippen LogP contribution >= 0.6 is 11.6 Å². The van der Waals surface area contributed by atoms with Crippen LogP contribution in [0.5, 0.6) is 0 Å². The van der Waals surface area contributed by atoms with Crippen molar-refractivity contribution in [3.05, 3.63) is 28.5 Å². The third-order valence-electron chi connectivity index (χ3n) is 5.53. The number of benzene rings is 1. The minimum atomic E-state index is 0.570. The number of nitrogens with one attached hydrogen (secondary N) is 2. The monoisotopic (exact) mass is 332 g/mol. The van der Waals surface area contributed by atoms with Crippen molar-refractivity contribution in [2.45, 2.75) is 44.6 Å². The van der Waals surface area contributed by atoms with Crippen molar-refractivity contribution in [1.82, 2.24) is 20.2 Å². The smallest absolute Gasteiger partial charge is 0.110 e. The number of H-pyrrole nitrogens is 1. The van der Waals surface area contributed by atoms with E-state index in [9.17, 15) is 0 Å². The molecule has 2 aliphatic rings. The van der Waals surface area contributed by atoms with Gasteiger partial charge in [0, 0.05) is 43.2 Å². The third-order valence-corrected chi connectivity index (χ3v) is 5.94. The van der Waals surface area contributed by atoms with Crippen molar-refractivity contribution in [3.8, 4) is 0 Å². The summed E-state index contributed by atoms with van der Waals surface area (Å²) in [6.45, 7) is 6.74. The van der Waals surface area contributed by atoms with Gasteiger partial charge in [-0.3, -0.25) is 4.90 Å². The number of halogens is 1. The highest BCUT2D eigenvalue weighted by Gasteiger charge is 2.28. The Bertz CT molecular complexity index is 643. The van der Waals surface area contributed by atoms with E-state index in [1.165, 1.54) is 38.8 Å². The van der Waals surface area contributed by atoms with Gasteiger partial charge in [0.05, 0.1) is 11.0 Å². The maximum absolute atomic E-state index is 6.22. The predicted molar refractivity (Wildman–Crippen MR) is 95.3 cm³/mol. The molecule has 0 unspecified atom stereocenters. The maximum Gasteiger partial charge on any atom is 0.110 e. The number of hydrogen-bond donors (Lipinski definition) is 2. The van der Waals surface area contributed by atoms with E-state index in [1.807, 2.05) is 13.0 Å². The molecular formula is C18H25ClN4. The van der Waals surface area contributed by atoms with Crippen LogP contribution in [0, 0.1) is 6.92 Å². The van der Waals surface area contributed by atoms with Gasteiger partial charge in [0.15, 0.2) is 0 Å². The first-order chi connectivity index (χ1) is 11.2.